The number of aromatic nitrogens is 2. The zero-order chi connectivity index (χ0) is 15.6. The third-order valence-corrected chi connectivity index (χ3v) is 5.06. The van der Waals surface area contributed by atoms with Gasteiger partial charge < -0.3 is 10.2 Å². The predicted molar refractivity (Wildman–Crippen MR) is 88.0 cm³/mol. The van der Waals surface area contributed by atoms with Crippen molar-refractivity contribution in [1.82, 2.24) is 14.9 Å². The fourth-order valence-corrected chi connectivity index (χ4v) is 3.94. The van der Waals surface area contributed by atoms with Crippen molar-refractivity contribution < 1.29 is 4.79 Å². The number of carbonyl (C=O) groups is 1. The topological polar surface area (TPSA) is 58.1 Å². The second-order valence-electron chi connectivity index (χ2n) is 6.42. The zero-order valence-corrected chi connectivity index (χ0v) is 12.9. The quantitative estimate of drug-likeness (QED) is 0.946. The van der Waals surface area contributed by atoms with Crippen molar-refractivity contribution in [2.75, 3.05) is 18.4 Å². The van der Waals surface area contributed by atoms with E-state index in [4.69, 9.17) is 0 Å². The summed E-state index contributed by atoms with van der Waals surface area (Å²) in [5, 5.41) is 3.50. The molecule has 3 atom stereocenters. The first-order valence-electron chi connectivity index (χ1n) is 8.18. The SMILES string of the molecule is O=C(c1ccccc1)N1C[C@H]2CC[C@@H](Nc3cnccn3)[C@H]2C1. The molecule has 5 heteroatoms. The van der Waals surface area contributed by atoms with E-state index in [2.05, 4.69) is 15.3 Å². The molecule has 0 radical (unpaired) electrons. The van der Waals surface area contributed by atoms with E-state index in [1.807, 2.05) is 35.2 Å². The van der Waals surface area contributed by atoms with Crippen molar-refractivity contribution in [3.8, 4) is 0 Å². The summed E-state index contributed by atoms with van der Waals surface area (Å²) >= 11 is 0. The number of anilines is 1. The largest absolute Gasteiger partial charge is 0.366 e. The molecular formula is C18H20N4O. The fourth-order valence-electron chi connectivity index (χ4n) is 3.94. The van der Waals surface area contributed by atoms with E-state index in [0.717, 1.165) is 30.9 Å². The molecule has 1 aromatic heterocycles. The molecule has 1 N–H and O–H groups in total. The average Bonchev–Trinajstić information content (AvgIpc) is 3.18. The van der Waals surface area contributed by atoms with Crippen LogP contribution >= 0.6 is 0 Å². The van der Waals surface area contributed by atoms with Gasteiger partial charge in [-0.2, -0.15) is 0 Å². The van der Waals surface area contributed by atoms with Gasteiger partial charge in [-0.05, 0) is 30.9 Å². The second-order valence-corrected chi connectivity index (χ2v) is 6.42. The Kier molecular flexibility index (Phi) is 3.69. The number of nitrogens with zero attached hydrogens (tertiary/aromatic N) is 3. The first-order valence-corrected chi connectivity index (χ1v) is 8.18. The fraction of sp³-hybridized carbons (Fsp3) is 0.389. The lowest BCUT2D eigenvalue weighted by molar-refractivity contribution is 0.0780. The van der Waals surface area contributed by atoms with Crippen LogP contribution in [0, 0.1) is 11.8 Å². The Morgan fingerprint density at radius 2 is 2.00 bits per heavy atom. The summed E-state index contributed by atoms with van der Waals surface area (Å²) in [6, 6.07) is 9.95. The molecule has 1 amide bonds. The number of amides is 1. The molecule has 2 aromatic rings. The van der Waals surface area contributed by atoms with Crippen molar-refractivity contribution in [1.29, 1.82) is 0 Å². The van der Waals surface area contributed by atoms with E-state index in [-0.39, 0.29) is 5.91 Å². The molecule has 118 valence electrons. The van der Waals surface area contributed by atoms with E-state index in [0.29, 0.717) is 17.9 Å². The van der Waals surface area contributed by atoms with Crippen molar-refractivity contribution >= 4 is 11.7 Å². The lowest BCUT2D eigenvalue weighted by Gasteiger charge is -2.22. The van der Waals surface area contributed by atoms with E-state index in [9.17, 15) is 4.79 Å². The number of nitrogens with one attached hydrogen (secondary N) is 1. The lowest BCUT2D eigenvalue weighted by Crippen LogP contribution is -2.33. The van der Waals surface area contributed by atoms with Gasteiger partial charge in [-0.3, -0.25) is 9.78 Å². The average molecular weight is 308 g/mol. The Balaban J connectivity index is 1.44. The molecule has 2 aliphatic rings. The van der Waals surface area contributed by atoms with E-state index in [1.54, 1.807) is 18.6 Å². The minimum atomic E-state index is 0.151. The second kappa shape index (κ2) is 5.99. The molecule has 0 spiro atoms. The van der Waals surface area contributed by atoms with Crippen LogP contribution in [0.4, 0.5) is 5.82 Å². The maximum absolute atomic E-state index is 12.6. The standard InChI is InChI=1S/C18H20N4O/c23-18(13-4-2-1-3-5-13)22-11-14-6-7-16(15(14)12-22)21-17-10-19-8-9-20-17/h1-5,8-10,14-16H,6-7,11-12H2,(H,20,21)/t14-,15+,16-/m1/s1. The molecule has 1 aliphatic carbocycles. The number of hydrogen-bond acceptors (Lipinski definition) is 4. The molecule has 1 aliphatic heterocycles. The van der Waals surface area contributed by atoms with Gasteiger partial charge in [-0.1, -0.05) is 18.2 Å². The highest BCUT2D eigenvalue weighted by molar-refractivity contribution is 5.94. The molecule has 2 fully saturated rings. The molecule has 1 aromatic carbocycles. The summed E-state index contributed by atoms with van der Waals surface area (Å²) in [5.74, 6) is 2.07. The number of fused-ring (bicyclic) bond motifs is 1. The third kappa shape index (κ3) is 2.79. The number of likely N-dealkylation sites (tertiary alicyclic amines) is 1. The number of carbonyl (C=O) groups excluding carboxylic acids is 1. The van der Waals surface area contributed by atoms with Crippen LogP contribution in [0.5, 0.6) is 0 Å². The normalized spacial score (nSPS) is 26.1. The van der Waals surface area contributed by atoms with Gasteiger partial charge in [0.25, 0.3) is 5.91 Å². The van der Waals surface area contributed by atoms with Crippen molar-refractivity contribution in [2.24, 2.45) is 11.8 Å². The van der Waals surface area contributed by atoms with E-state index >= 15 is 0 Å². The van der Waals surface area contributed by atoms with E-state index in [1.165, 1.54) is 6.42 Å². The highest BCUT2D eigenvalue weighted by atomic mass is 16.2. The highest BCUT2D eigenvalue weighted by Gasteiger charge is 2.44. The summed E-state index contributed by atoms with van der Waals surface area (Å²) in [6.07, 6.45) is 7.45. The molecule has 5 nitrogen and oxygen atoms in total. The molecular weight excluding hydrogens is 288 g/mol. The van der Waals surface area contributed by atoms with Gasteiger partial charge in [0.1, 0.15) is 5.82 Å². The van der Waals surface area contributed by atoms with Crippen LogP contribution in [0.15, 0.2) is 48.9 Å². The minimum absolute atomic E-state index is 0.151. The number of rotatable bonds is 3. The summed E-state index contributed by atoms with van der Waals surface area (Å²) in [5.41, 5.74) is 0.783. The summed E-state index contributed by atoms with van der Waals surface area (Å²) in [6.45, 7) is 1.70. The summed E-state index contributed by atoms with van der Waals surface area (Å²) in [4.78, 5) is 23.0. The molecule has 4 rings (SSSR count). The van der Waals surface area contributed by atoms with Crippen LogP contribution < -0.4 is 5.32 Å². The molecule has 23 heavy (non-hydrogen) atoms. The predicted octanol–water partition coefficient (Wildman–Crippen LogP) is 2.44. The zero-order valence-electron chi connectivity index (χ0n) is 12.9. The smallest absolute Gasteiger partial charge is 0.253 e. The summed E-state index contributed by atoms with van der Waals surface area (Å²) in [7, 11) is 0. The molecule has 0 bridgehead atoms. The van der Waals surface area contributed by atoms with E-state index < -0.39 is 0 Å². The van der Waals surface area contributed by atoms with Crippen molar-refractivity contribution in [3.05, 3.63) is 54.5 Å². The van der Waals surface area contributed by atoms with Gasteiger partial charge in [-0.25, -0.2) is 4.98 Å². The van der Waals surface area contributed by atoms with Crippen LogP contribution in [0.1, 0.15) is 23.2 Å². The Morgan fingerprint density at radius 3 is 2.78 bits per heavy atom. The van der Waals surface area contributed by atoms with Gasteiger partial charge >= 0.3 is 0 Å². The van der Waals surface area contributed by atoms with Gasteiger partial charge in [0, 0.05) is 43.0 Å². The van der Waals surface area contributed by atoms with Crippen LogP contribution in [0.2, 0.25) is 0 Å². The van der Waals surface area contributed by atoms with Gasteiger partial charge in [-0.15, -0.1) is 0 Å². The van der Waals surface area contributed by atoms with Crippen molar-refractivity contribution in [3.63, 3.8) is 0 Å². The molecule has 2 heterocycles. The number of hydrogen-bond donors (Lipinski definition) is 1. The lowest BCUT2D eigenvalue weighted by atomic mass is 9.98. The van der Waals surface area contributed by atoms with Gasteiger partial charge in [0.2, 0.25) is 0 Å². The first-order chi connectivity index (χ1) is 11.3. The molecule has 1 saturated carbocycles. The summed E-state index contributed by atoms with van der Waals surface area (Å²) < 4.78 is 0. The first kappa shape index (κ1) is 14.2. The Morgan fingerprint density at radius 1 is 1.13 bits per heavy atom. The maximum Gasteiger partial charge on any atom is 0.253 e. The van der Waals surface area contributed by atoms with Crippen molar-refractivity contribution in [2.45, 2.75) is 18.9 Å². The van der Waals surface area contributed by atoms with Crippen LogP contribution in [0.3, 0.4) is 0 Å². The number of benzene rings is 1. The highest BCUT2D eigenvalue weighted by Crippen LogP contribution is 2.39. The Bertz CT molecular complexity index is 676. The Labute approximate surface area is 135 Å². The van der Waals surface area contributed by atoms with Crippen LogP contribution in [-0.4, -0.2) is 39.9 Å². The third-order valence-electron chi connectivity index (χ3n) is 5.06. The van der Waals surface area contributed by atoms with Gasteiger partial charge in [0.05, 0.1) is 6.20 Å². The minimum Gasteiger partial charge on any atom is -0.366 e. The molecule has 1 saturated heterocycles. The van der Waals surface area contributed by atoms with Crippen LogP contribution in [0.25, 0.3) is 0 Å². The van der Waals surface area contributed by atoms with Crippen LogP contribution in [-0.2, 0) is 0 Å². The monoisotopic (exact) mass is 308 g/mol. The maximum atomic E-state index is 12.6. The Hall–Kier alpha value is -2.43. The van der Waals surface area contributed by atoms with Gasteiger partial charge in [0.15, 0.2) is 0 Å². The molecule has 0 unspecified atom stereocenters.